The lowest BCUT2D eigenvalue weighted by Gasteiger charge is -2.06. The van der Waals surface area contributed by atoms with Gasteiger partial charge in [-0.1, -0.05) is 84.4 Å². The molecule has 0 heteroatoms. The SMILES string of the molecule is Cc1ccc(-c2ccc3c(c2)Cc2c-3ccc3ccccc23)cc1. The molecule has 0 nitrogen and oxygen atoms in total. The van der Waals surface area contributed by atoms with E-state index in [0.717, 1.165) is 6.42 Å². The molecule has 1 aliphatic carbocycles. The van der Waals surface area contributed by atoms with Crippen LogP contribution in [0.3, 0.4) is 0 Å². The maximum atomic E-state index is 2.37. The Balaban J connectivity index is 1.65. The van der Waals surface area contributed by atoms with E-state index in [9.17, 15) is 0 Å². The Morgan fingerprint density at radius 2 is 1.42 bits per heavy atom. The van der Waals surface area contributed by atoms with Crippen molar-refractivity contribution in [2.75, 3.05) is 0 Å². The van der Waals surface area contributed by atoms with Gasteiger partial charge in [-0.3, -0.25) is 0 Å². The van der Waals surface area contributed by atoms with Crippen molar-refractivity contribution in [1.29, 1.82) is 0 Å². The van der Waals surface area contributed by atoms with Crippen molar-refractivity contribution in [3.8, 4) is 22.3 Å². The molecule has 24 heavy (non-hydrogen) atoms. The quantitative estimate of drug-likeness (QED) is 0.337. The van der Waals surface area contributed by atoms with Gasteiger partial charge in [0, 0.05) is 0 Å². The van der Waals surface area contributed by atoms with Crippen molar-refractivity contribution in [2.45, 2.75) is 13.3 Å². The Hall–Kier alpha value is -2.86. The van der Waals surface area contributed by atoms with Crippen LogP contribution in [0.4, 0.5) is 0 Å². The highest BCUT2D eigenvalue weighted by atomic mass is 14.2. The monoisotopic (exact) mass is 306 g/mol. The fourth-order valence-electron chi connectivity index (χ4n) is 3.90. The highest BCUT2D eigenvalue weighted by Gasteiger charge is 2.20. The number of hydrogen-bond donors (Lipinski definition) is 0. The number of hydrogen-bond acceptors (Lipinski definition) is 0. The van der Waals surface area contributed by atoms with E-state index in [4.69, 9.17) is 0 Å². The van der Waals surface area contributed by atoms with Crippen molar-refractivity contribution < 1.29 is 0 Å². The average Bonchev–Trinajstić information content (AvgIpc) is 3.00. The van der Waals surface area contributed by atoms with Crippen molar-refractivity contribution in [2.24, 2.45) is 0 Å². The van der Waals surface area contributed by atoms with Crippen LogP contribution >= 0.6 is 0 Å². The highest BCUT2D eigenvalue weighted by molar-refractivity contribution is 5.95. The average molecular weight is 306 g/mol. The molecule has 0 radical (unpaired) electrons. The fourth-order valence-corrected chi connectivity index (χ4v) is 3.90. The molecular formula is C24H18. The van der Waals surface area contributed by atoms with E-state index in [-0.39, 0.29) is 0 Å². The first kappa shape index (κ1) is 13.6. The minimum atomic E-state index is 1.03. The van der Waals surface area contributed by atoms with Crippen molar-refractivity contribution >= 4 is 10.8 Å². The second kappa shape index (κ2) is 5.07. The normalized spacial score (nSPS) is 12.2. The maximum Gasteiger partial charge on any atom is -0.000706 e. The van der Waals surface area contributed by atoms with E-state index >= 15 is 0 Å². The van der Waals surface area contributed by atoms with E-state index in [1.807, 2.05) is 0 Å². The van der Waals surface area contributed by atoms with Gasteiger partial charge in [-0.15, -0.1) is 0 Å². The van der Waals surface area contributed by atoms with Gasteiger partial charge in [-0.25, -0.2) is 0 Å². The Labute approximate surface area is 142 Å². The van der Waals surface area contributed by atoms with Gasteiger partial charge in [0.2, 0.25) is 0 Å². The molecule has 4 aromatic carbocycles. The first-order valence-corrected chi connectivity index (χ1v) is 8.50. The van der Waals surface area contributed by atoms with Crippen molar-refractivity contribution in [3.63, 3.8) is 0 Å². The van der Waals surface area contributed by atoms with Crippen LogP contribution in [0.1, 0.15) is 16.7 Å². The molecule has 0 N–H and O–H groups in total. The molecule has 0 aromatic heterocycles. The predicted molar refractivity (Wildman–Crippen MR) is 102 cm³/mol. The van der Waals surface area contributed by atoms with E-state index < -0.39 is 0 Å². The molecule has 0 heterocycles. The molecular weight excluding hydrogens is 288 g/mol. The second-order valence-electron chi connectivity index (χ2n) is 6.73. The molecule has 114 valence electrons. The molecule has 5 rings (SSSR count). The lowest BCUT2D eigenvalue weighted by molar-refractivity contribution is 1.28. The van der Waals surface area contributed by atoms with Crippen molar-refractivity contribution in [3.05, 3.63) is 95.6 Å². The van der Waals surface area contributed by atoms with E-state index in [0.29, 0.717) is 0 Å². The van der Waals surface area contributed by atoms with Gasteiger partial charge < -0.3 is 0 Å². The third-order valence-electron chi connectivity index (χ3n) is 5.19. The van der Waals surface area contributed by atoms with Gasteiger partial charge in [-0.05, 0) is 57.5 Å². The van der Waals surface area contributed by atoms with Crippen LogP contribution < -0.4 is 0 Å². The van der Waals surface area contributed by atoms with Gasteiger partial charge in [0.05, 0.1) is 0 Å². The third-order valence-corrected chi connectivity index (χ3v) is 5.19. The Morgan fingerprint density at radius 1 is 0.667 bits per heavy atom. The standard InChI is InChI=1S/C24H18/c1-16-6-8-17(9-7-16)19-11-12-22-20(14-19)15-24-21-5-3-2-4-18(21)10-13-23(22)24/h2-14H,15H2,1H3. The van der Waals surface area contributed by atoms with Gasteiger partial charge in [0.1, 0.15) is 0 Å². The van der Waals surface area contributed by atoms with Gasteiger partial charge in [0.15, 0.2) is 0 Å². The predicted octanol–water partition coefficient (Wildman–Crippen LogP) is 6.39. The summed E-state index contributed by atoms with van der Waals surface area (Å²) in [6.45, 7) is 2.13. The van der Waals surface area contributed by atoms with Gasteiger partial charge in [-0.2, -0.15) is 0 Å². The first-order valence-electron chi connectivity index (χ1n) is 8.50. The Morgan fingerprint density at radius 3 is 2.29 bits per heavy atom. The Kier molecular flexibility index (Phi) is 2.87. The van der Waals surface area contributed by atoms with Crippen LogP contribution in [0.15, 0.2) is 78.9 Å². The number of rotatable bonds is 1. The molecule has 0 atom stereocenters. The van der Waals surface area contributed by atoms with Gasteiger partial charge >= 0.3 is 0 Å². The third kappa shape index (κ3) is 2.00. The summed E-state index contributed by atoms with van der Waals surface area (Å²) in [6.07, 6.45) is 1.03. The van der Waals surface area contributed by atoms with E-state index in [1.165, 1.54) is 49.7 Å². The molecule has 0 saturated heterocycles. The summed E-state index contributed by atoms with van der Waals surface area (Å²) in [6, 6.07) is 29.0. The summed E-state index contributed by atoms with van der Waals surface area (Å²) in [5.41, 5.74) is 9.63. The van der Waals surface area contributed by atoms with Crippen LogP contribution in [0.25, 0.3) is 33.0 Å². The molecule has 1 aliphatic rings. The van der Waals surface area contributed by atoms with Crippen LogP contribution in [-0.2, 0) is 6.42 Å². The van der Waals surface area contributed by atoms with Crippen LogP contribution in [0.2, 0.25) is 0 Å². The minimum absolute atomic E-state index is 1.03. The maximum absolute atomic E-state index is 2.37. The van der Waals surface area contributed by atoms with Crippen LogP contribution in [-0.4, -0.2) is 0 Å². The summed E-state index contributed by atoms with van der Waals surface area (Å²) < 4.78 is 0. The number of fused-ring (bicyclic) bond motifs is 5. The number of aryl methyl sites for hydroxylation is 1. The summed E-state index contributed by atoms with van der Waals surface area (Å²) in [7, 11) is 0. The molecule has 4 aromatic rings. The molecule has 0 amide bonds. The fraction of sp³-hybridized carbons (Fsp3) is 0.0833. The zero-order valence-corrected chi connectivity index (χ0v) is 13.7. The number of benzene rings is 4. The summed E-state index contributed by atoms with van der Waals surface area (Å²) in [5, 5.41) is 2.73. The first-order chi connectivity index (χ1) is 11.8. The van der Waals surface area contributed by atoms with E-state index in [2.05, 4.69) is 85.8 Å². The molecule has 0 bridgehead atoms. The minimum Gasteiger partial charge on any atom is -0.0616 e. The van der Waals surface area contributed by atoms with Gasteiger partial charge in [0.25, 0.3) is 0 Å². The second-order valence-corrected chi connectivity index (χ2v) is 6.73. The molecule has 0 spiro atoms. The summed E-state index contributed by atoms with van der Waals surface area (Å²) in [4.78, 5) is 0. The molecule has 0 fully saturated rings. The molecule has 0 saturated carbocycles. The molecule has 0 unspecified atom stereocenters. The largest absolute Gasteiger partial charge is 0.0616 e. The smallest absolute Gasteiger partial charge is 0.000706 e. The Bertz CT molecular complexity index is 1070. The van der Waals surface area contributed by atoms with Crippen LogP contribution in [0.5, 0.6) is 0 Å². The highest BCUT2D eigenvalue weighted by Crippen LogP contribution is 2.41. The zero-order chi connectivity index (χ0) is 16.1. The lowest BCUT2D eigenvalue weighted by atomic mass is 9.98. The molecule has 0 aliphatic heterocycles. The van der Waals surface area contributed by atoms with Crippen LogP contribution in [0, 0.1) is 6.92 Å². The zero-order valence-electron chi connectivity index (χ0n) is 13.7. The summed E-state index contributed by atoms with van der Waals surface area (Å²) >= 11 is 0. The topological polar surface area (TPSA) is 0 Å². The van der Waals surface area contributed by atoms with E-state index in [1.54, 1.807) is 0 Å². The van der Waals surface area contributed by atoms with Crippen molar-refractivity contribution in [1.82, 2.24) is 0 Å². The lowest BCUT2D eigenvalue weighted by Crippen LogP contribution is -1.84. The summed E-state index contributed by atoms with van der Waals surface area (Å²) in [5.74, 6) is 0.